The molecule has 0 bridgehead atoms. The van der Waals surface area contributed by atoms with Gasteiger partial charge in [-0.1, -0.05) is 279 Å². The van der Waals surface area contributed by atoms with E-state index in [1.807, 2.05) is 6.08 Å². The molecule has 0 aromatic rings. The number of hydrogen-bond donors (Lipinski definition) is 0. The lowest BCUT2D eigenvalue weighted by Crippen LogP contribution is -2.30. The third-order valence-corrected chi connectivity index (χ3v) is 12.8. The van der Waals surface area contributed by atoms with E-state index in [9.17, 15) is 14.4 Å². The Labute approximate surface area is 445 Å². The van der Waals surface area contributed by atoms with Gasteiger partial charge in [0, 0.05) is 19.3 Å². The van der Waals surface area contributed by atoms with E-state index in [2.05, 4.69) is 112 Å². The number of carbonyl (C=O) groups is 3. The highest BCUT2D eigenvalue weighted by Crippen LogP contribution is 2.16. The molecule has 0 saturated carbocycles. The first-order chi connectivity index (χ1) is 35.5. The van der Waals surface area contributed by atoms with E-state index in [4.69, 9.17) is 14.2 Å². The van der Waals surface area contributed by atoms with Gasteiger partial charge in [0.1, 0.15) is 13.2 Å². The van der Waals surface area contributed by atoms with Gasteiger partial charge in [0.15, 0.2) is 6.10 Å². The zero-order valence-electron chi connectivity index (χ0n) is 47.2. The fourth-order valence-corrected chi connectivity index (χ4v) is 8.39. The van der Waals surface area contributed by atoms with Gasteiger partial charge in [0.2, 0.25) is 0 Å². The monoisotopic (exact) mass is 1000 g/mol. The quantitative estimate of drug-likeness (QED) is 0.0261. The van der Waals surface area contributed by atoms with Gasteiger partial charge in [-0.15, -0.1) is 0 Å². The molecule has 0 heterocycles. The molecule has 0 rings (SSSR count). The van der Waals surface area contributed by atoms with Crippen molar-refractivity contribution in [3.63, 3.8) is 0 Å². The van der Waals surface area contributed by atoms with Crippen LogP contribution in [0.1, 0.15) is 284 Å². The van der Waals surface area contributed by atoms with Crippen LogP contribution in [0.2, 0.25) is 0 Å². The summed E-state index contributed by atoms with van der Waals surface area (Å²) in [6.07, 6.45) is 79.9. The second-order valence-corrected chi connectivity index (χ2v) is 19.9. The summed E-state index contributed by atoms with van der Waals surface area (Å²) < 4.78 is 16.8. The van der Waals surface area contributed by atoms with Crippen molar-refractivity contribution in [1.29, 1.82) is 0 Å². The maximum absolute atomic E-state index is 12.9. The molecule has 412 valence electrons. The topological polar surface area (TPSA) is 78.9 Å². The summed E-state index contributed by atoms with van der Waals surface area (Å²) in [7, 11) is 0. The van der Waals surface area contributed by atoms with Gasteiger partial charge in [0.25, 0.3) is 0 Å². The molecule has 0 spiro atoms. The molecule has 6 nitrogen and oxygen atoms in total. The summed E-state index contributed by atoms with van der Waals surface area (Å²) >= 11 is 0. The average molecular weight is 1000 g/mol. The minimum absolute atomic E-state index is 0.102. The van der Waals surface area contributed by atoms with Crippen LogP contribution in [-0.2, 0) is 28.6 Å². The number of ether oxygens (including phenoxy) is 3. The Morgan fingerprint density at radius 1 is 0.292 bits per heavy atom. The third-order valence-electron chi connectivity index (χ3n) is 12.8. The van der Waals surface area contributed by atoms with Gasteiger partial charge in [-0.2, -0.15) is 0 Å². The van der Waals surface area contributed by atoms with E-state index in [0.717, 1.165) is 96.3 Å². The fraction of sp³-hybridized carbons (Fsp3) is 0.712. The van der Waals surface area contributed by atoms with Crippen LogP contribution in [0.3, 0.4) is 0 Å². The average Bonchev–Trinajstić information content (AvgIpc) is 3.38. The van der Waals surface area contributed by atoms with Crippen LogP contribution >= 0.6 is 0 Å². The van der Waals surface area contributed by atoms with Gasteiger partial charge >= 0.3 is 17.9 Å². The lowest BCUT2D eigenvalue weighted by Gasteiger charge is -2.18. The van der Waals surface area contributed by atoms with E-state index >= 15 is 0 Å². The number of allylic oxidation sites excluding steroid dienone is 16. The zero-order chi connectivity index (χ0) is 52.2. The number of carbonyl (C=O) groups excluding carboxylic acids is 3. The van der Waals surface area contributed by atoms with E-state index in [0.29, 0.717) is 19.3 Å². The highest BCUT2D eigenvalue weighted by atomic mass is 16.6. The molecule has 0 amide bonds. The van der Waals surface area contributed by atoms with E-state index in [1.165, 1.54) is 141 Å². The highest BCUT2D eigenvalue weighted by molar-refractivity contribution is 5.71. The fourth-order valence-electron chi connectivity index (χ4n) is 8.39. The maximum Gasteiger partial charge on any atom is 0.306 e. The first-order valence-electron chi connectivity index (χ1n) is 30.2. The number of hydrogen-bond acceptors (Lipinski definition) is 6. The first kappa shape index (κ1) is 68.3. The first-order valence-corrected chi connectivity index (χ1v) is 30.2. The number of rotatable bonds is 54. The Bertz CT molecular complexity index is 1430. The maximum atomic E-state index is 12.9. The van der Waals surface area contributed by atoms with E-state index in [-0.39, 0.29) is 37.5 Å². The Hall–Kier alpha value is -3.67. The Balaban J connectivity index is 4.39. The molecule has 6 heteroatoms. The molecule has 0 aliphatic rings. The van der Waals surface area contributed by atoms with Crippen molar-refractivity contribution in [3.05, 3.63) is 97.2 Å². The summed E-state index contributed by atoms with van der Waals surface area (Å²) in [5.41, 5.74) is 0. The molecule has 1 atom stereocenters. The summed E-state index contributed by atoms with van der Waals surface area (Å²) in [6, 6.07) is 0. The molecule has 72 heavy (non-hydrogen) atoms. The zero-order valence-corrected chi connectivity index (χ0v) is 47.2. The Morgan fingerprint density at radius 3 is 0.931 bits per heavy atom. The Kier molecular flexibility index (Phi) is 56.8. The van der Waals surface area contributed by atoms with Crippen LogP contribution in [0, 0.1) is 0 Å². The molecular weight excluding hydrogens is 889 g/mol. The van der Waals surface area contributed by atoms with Crippen molar-refractivity contribution in [2.45, 2.75) is 290 Å². The van der Waals surface area contributed by atoms with Gasteiger partial charge in [-0.3, -0.25) is 14.4 Å². The van der Waals surface area contributed by atoms with Crippen LogP contribution in [-0.4, -0.2) is 37.2 Å². The van der Waals surface area contributed by atoms with Crippen LogP contribution < -0.4 is 0 Å². The molecule has 0 aliphatic heterocycles. The van der Waals surface area contributed by atoms with Gasteiger partial charge in [-0.05, 0) is 83.5 Å². The largest absolute Gasteiger partial charge is 0.462 e. The smallest absolute Gasteiger partial charge is 0.306 e. The highest BCUT2D eigenvalue weighted by Gasteiger charge is 2.19. The predicted octanol–water partition coefficient (Wildman–Crippen LogP) is 20.5. The second-order valence-electron chi connectivity index (χ2n) is 19.9. The molecule has 0 aliphatic carbocycles. The number of esters is 3. The summed E-state index contributed by atoms with van der Waals surface area (Å²) in [5.74, 6) is -0.986. The summed E-state index contributed by atoms with van der Waals surface area (Å²) in [5, 5.41) is 0. The molecular formula is C66H112O6. The predicted molar refractivity (Wildman–Crippen MR) is 311 cm³/mol. The summed E-state index contributed by atoms with van der Waals surface area (Å²) in [6.45, 7) is 6.37. The van der Waals surface area contributed by atoms with E-state index in [1.54, 1.807) is 0 Å². The molecule has 0 fully saturated rings. The van der Waals surface area contributed by atoms with Crippen molar-refractivity contribution in [2.75, 3.05) is 13.2 Å². The molecule has 0 N–H and O–H groups in total. The SMILES string of the molecule is CC/C=C\C/C=C\C/C=C\C/C=C\CCCCCCCCCCC(=O)OCC(COC(=O)CC/C=C\C/C=C\C/C=C\C/C=C\CC)OC(=O)CCCCCCCCCCCCCCCCCCCCCC. The molecule has 0 aromatic carbocycles. The van der Waals surface area contributed by atoms with Crippen molar-refractivity contribution in [3.8, 4) is 0 Å². The van der Waals surface area contributed by atoms with Gasteiger partial charge in [-0.25, -0.2) is 0 Å². The lowest BCUT2D eigenvalue weighted by molar-refractivity contribution is -0.166. The molecule has 0 radical (unpaired) electrons. The second kappa shape index (κ2) is 59.9. The standard InChI is InChI=1S/C66H112O6/c1-4-7-10-13-16-19-22-25-27-29-31-33-35-36-38-41-44-47-50-53-56-59-65(68)71-62-63(61-70-64(67)58-55-52-49-46-43-40-24-21-18-15-12-9-6-3)72-66(69)60-57-54-51-48-45-42-39-37-34-32-30-28-26-23-20-17-14-11-8-5-2/h7,9-10,12,16,18-19,21,25,27,31,33,40,43,49,52,63H,4-6,8,11,13-15,17,20,22-24,26,28-30,32,34-39,41-42,44-48,50-51,53-62H2,1-3H3/b10-7-,12-9-,19-16-,21-18-,27-25-,33-31-,43-40-,52-49-. The van der Waals surface area contributed by atoms with Crippen molar-refractivity contribution < 1.29 is 28.6 Å². The van der Waals surface area contributed by atoms with E-state index < -0.39 is 6.10 Å². The van der Waals surface area contributed by atoms with Gasteiger partial charge < -0.3 is 14.2 Å². The number of unbranched alkanes of at least 4 members (excludes halogenated alkanes) is 27. The molecule has 1 unspecified atom stereocenters. The lowest BCUT2D eigenvalue weighted by atomic mass is 10.0. The minimum atomic E-state index is -0.809. The third kappa shape index (κ3) is 57.2. The molecule has 0 aromatic heterocycles. The van der Waals surface area contributed by atoms with Crippen molar-refractivity contribution >= 4 is 17.9 Å². The van der Waals surface area contributed by atoms with Crippen LogP contribution in [0.5, 0.6) is 0 Å². The van der Waals surface area contributed by atoms with Crippen LogP contribution in [0.15, 0.2) is 97.2 Å². The van der Waals surface area contributed by atoms with Crippen molar-refractivity contribution in [1.82, 2.24) is 0 Å². The Morgan fingerprint density at radius 2 is 0.569 bits per heavy atom. The normalized spacial score (nSPS) is 12.8. The van der Waals surface area contributed by atoms with Crippen LogP contribution in [0.25, 0.3) is 0 Å². The molecule has 0 saturated heterocycles. The minimum Gasteiger partial charge on any atom is -0.462 e. The van der Waals surface area contributed by atoms with Crippen LogP contribution in [0.4, 0.5) is 0 Å². The summed E-state index contributed by atoms with van der Waals surface area (Å²) in [4.78, 5) is 38.2. The van der Waals surface area contributed by atoms with Gasteiger partial charge in [0.05, 0.1) is 0 Å². The van der Waals surface area contributed by atoms with Crippen molar-refractivity contribution in [2.24, 2.45) is 0 Å².